The van der Waals surface area contributed by atoms with E-state index in [1.807, 2.05) is 6.07 Å². The maximum atomic E-state index is 12.0. The molecule has 2 N–H and O–H groups in total. The summed E-state index contributed by atoms with van der Waals surface area (Å²) < 4.78 is 26.1. The molecule has 0 unspecified atom stereocenters. The second-order valence-corrected chi connectivity index (χ2v) is 6.79. The Morgan fingerprint density at radius 1 is 1.33 bits per heavy atom. The molecule has 1 heterocycles. The lowest BCUT2D eigenvalue weighted by atomic mass is 10.3. The molecule has 1 aromatic heterocycles. The Labute approximate surface area is 123 Å². The summed E-state index contributed by atoms with van der Waals surface area (Å²) in [6.07, 6.45) is 0. The molecule has 0 atom stereocenters. The van der Waals surface area contributed by atoms with E-state index in [-0.39, 0.29) is 20.5 Å². The molecule has 0 aliphatic heterocycles. The molecule has 1 aromatic carbocycles. The first-order chi connectivity index (χ1) is 9.83. The van der Waals surface area contributed by atoms with E-state index in [2.05, 4.69) is 4.72 Å². The standard InChI is InChI=1S/C11H7N3O5S2/c12-6-8-2-4-11(20-8)21(18,19)13-9-3-1-7(14(16)17)5-10(9)15/h1-5,13,15H. The van der Waals surface area contributed by atoms with E-state index in [4.69, 9.17) is 5.26 Å². The van der Waals surface area contributed by atoms with Crippen LogP contribution < -0.4 is 4.72 Å². The number of nitrogens with zero attached hydrogens (tertiary/aromatic N) is 2. The van der Waals surface area contributed by atoms with Crippen LogP contribution in [0.3, 0.4) is 0 Å². The number of hydrogen-bond donors (Lipinski definition) is 2. The van der Waals surface area contributed by atoms with Crippen molar-refractivity contribution >= 4 is 32.7 Å². The largest absolute Gasteiger partial charge is 0.505 e. The summed E-state index contributed by atoms with van der Waals surface area (Å²) in [5.41, 5.74) is -0.550. The van der Waals surface area contributed by atoms with Crippen molar-refractivity contribution in [3.8, 4) is 11.8 Å². The Morgan fingerprint density at radius 2 is 2.05 bits per heavy atom. The molecule has 0 spiro atoms. The zero-order valence-corrected chi connectivity index (χ0v) is 11.8. The van der Waals surface area contributed by atoms with Crippen LogP contribution in [0.4, 0.5) is 11.4 Å². The minimum Gasteiger partial charge on any atom is -0.505 e. The van der Waals surface area contributed by atoms with E-state index in [0.29, 0.717) is 0 Å². The van der Waals surface area contributed by atoms with Gasteiger partial charge in [-0.15, -0.1) is 11.3 Å². The van der Waals surface area contributed by atoms with Crippen LogP contribution in [0.1, 0.15) is 4.88 Å². The smallest absolute Gasteiger partial charge is 0.273 e. The van der Waals surface area contributed by atoms with Gasteiger partial charge in [0.05, 0.1) is 16.7 Å². The molecule has 0 aliphatic rings. The summed E-state index contributed by atoms with van der Waals surface area (Å²) in [6, 6.07) is 7.42. The molecular formula is C11H7N3O5S2. The van der Waals surface area contributed by atoms with Gasteiger partial charge in [0.25, 0.3) is 15.7 Å². The van der Waals surface area contributed by atoms with Crippen molar-refractivity contribution in [1.29, 1.82) is 5.26 Å². The van der Waals surface area contributed by atoms with Gasteiger partial charge < -0.3 is 5.11 Å². The van der Waals surface area contributed by atoms with Crippen LogP contribution in [0.25, 0.3) is 0 Å². The van der Waals surface area contributed by atoms with Gasteiger partial charge in [-0.2, -0.15) is 5.26 Å². The molecule has 0 saturated carbocycles. The molecule has 8 nitrogen and oxygen atoms in total. The number of phenols is 1. The van der Waals surface area contributed by atoms with E-state index in [9.17, 15) is 23.6 Å². The fraction of sp³-hybridized carbons (Fsp3) is 0. The number of anilines is 1. The number of non-ortho nitro benzene ring substituents is 1. The zero-order chi connectivity index (χ0) is 15.6. The molecule has 108 valence electrons. The second kappa shape index (κ2) is 5.39. The SMILES string of the molecule is N#Cc1ccc(S(=O)(=O)Nc2ccc([N+](=O)[O-])cc2O)s1. The van der Waals surface area contributed by atoms with Crippen LogP contribution in [-0.2, 0) is 10.0 Å². The van der Waals surface area contributed by atoms with E-state index >= 15 is 0 Å². The summed E-state index contributed by atoms with van der Waals surface area (Å²) in [7, 11) is -3.97. The molecule has 0 radical (unpaired) electrons. The van der Waals surface area contributed by atoms with Crippen molar-refractivity contribution < 1.29 is 18.4 Å². The average molecular weight is 325 g/mol. The number of rotatable bonds is 4. The fourth-order valence-corrected chi connectivity index (χ4v) is 3.62. The molecule has 0 bridgehead atoms. The maximum Gasteiger partial charge on any atom is 0.273 e. The molecule has 2 rings (SSSR count). The number of hydrogen-bond acceptors (Lipinski definition) is 7. The summed E-state index contributed by atoms with van der Waals surface area (Å²) in [5, 5.41) is 28.8. The molecular weight excluding hydrogens is 318 g/mol. The summed E-state index contributed by atoms with van der Waals surface area (Å²) in [4.78, 5) is 10.0. The third kappa shape index (κ3) is 3.10. The van der Waals surface area contributed by atoms with Crippen molar-refractivity contribution in [2.24, 2.45) is 0 Å². The summed E-state index contributed by atoms with van der Waals surface area (Å²) >= 11 is 0.772. The number of benzene rings is 1. The number of nitriles is 1. The van der Waals surface area contributed by atoms with Crippen LogP contribution in [0.5, 0.6) is 5.75 Å². The Hall–Kier alpha value is -2.64. The van der Waals surface area contributed by atoms with Gasteiger partial charge in [-0.3, -0.25) is 14.8 Å². The van der Waals surface area contributed by atoms with E-state index in [1.54, 1.807) is 0 Å². The predicted molar refractivity (Wildman–Crippen MR) is 74.6 cm³/mol. The highest BCUT2D eigenvalue weighted by atomic mass is 32.2. The first-order valence-electron chi connectivity index (χ1n) is 5.33. The first kappa shape index (κ1) is 14.8. The van der Waals surface area contributed by atoms with Gasteiger partial charge in [0.2, 0.25) is 0 Å². The quantitative estimate of drug-likeness (QED) is 0.502. The Kier molecular flexibility index (Phi) is 3.79. The third-order valence-corrected chi connectivity index (χ3v) is 5.24. The minimum atomic E-state index is -3.97. The van der Waals surface area contributed by atoms with Crippen molar-refractivity contribution in [2.75, 3.05) is 4.72 Å². The molecule has 0 fully saturated rings. The summed E-state index contributed by atoms with van der Waals surface area (Å²) in [5.74, 6) is -0.565. The zero-order valence-electron chi connectivity index (χ0n) is 10.2. The van der Waals surface area contributed by atoms with Crippen LogP contribution in [0.2, 0.25) is 0 Å². The van der Waals surface area contributed by atoms with E-state index in [1.165, 1.54) is 12.1 Å². The van der Waals surface area contributed by atoms with Crippen molar-refractivity contribution in [3.05, 3.63) is 45.3 Å². The minimum absolute atomic E-state index is 0.100. The van der Waals surface area contributed by atoms with Gasteiger partial charge >= 0.3 is 0 Å². The lowest BCUT2D eigenvalue weighted by molar-refractivity contribution is -0.384. The topological polar surface area (TPSA) is 133 Å². The monoisotopic (exact) mass is 325 g/mol. The van der Waals surface area contributed by atoms with Crippen LogP contribution in [-0.4, -0.2) is 18.4 Å². The number of sulfonamides is 1. The van der Waals surface area contributed by atoms with E-state index in [0.717, 1.165) is 29.5 Å². The van der Waals surface area contributed by atoms with Gasteiger partial charge in [-0.1, -0.05) is 0 Å². The van der Waals surface area contributed by atoms with Crippen LogP contribution >= 0.6 is 11.3 Å². The second-order valence-electron chi connectivity index (χ2n) is 3.79. The number of phenolic OH excluding ortho intramolecular Hbond substituents is 1. The normalized spacial score (nSPS) is 10.8. The van der Waals surface area contributed by atoms with Gasteiger partial charge in [0, 0.05) is 6.07 Å². The van der Waals surface area contributed by atoms with Crippen molar-refractivity contribution in [1.82, 2.24) is 0 Å². The number of nitrogens with one attached hydrogen (secondary N) is 1. The Bertz CT molecular complexity index is 851. The molecule has 0 saturated heterocycles. The molecule has 10 heteroatoms. The average Bonchev–Trinajstić information content (AvgIpc) is 2.90. The maximum absolute atomic E-state index is 12.0. The van der Waals surface area contributed by atoms with Crippen molar-refractivity contribution in [3.63, 3.8) is 0 Å². The van der Waals surface area contributed by atoms with Gasteiger partial charge in [-0.05, 0) is 18.2 Å². The lowest BCUT2D eigenvalue weighted by Gasteiger charge is -2.07. The fourth-order valence-electron chi connectivity index (χ4n) is 1.44. The predicted octanol–water partition coefficient (Wildman–Crippen LogP) is 2.03. The number of nitro groups is 1. The summed E-state index contributed by atoms with van der Waals surface area (Å²) in [6.45, 7) is 0. The lowest BCUT2D eigenvalue weighted by Crippen LogP contribution is -2.11. The highest BCUT2D eigenvalue weighted by Crippen LogP contribution is 2.31. The van der Waals surface area contributed by atoms with Gasteiger partial charge in [-0.25, -0.2) is 8.42 Å². The number of aromatic hydroxyl groups is 1. The van der Waals surface area contributed by atoms with Crippen LogP contribution in [0, 0.1) is 21.4 Å². The molecule has 2 aromatic rings. The Morgan fingerprint density at radius 3 is 2.57 bits per heavy atom. The molecule has 0 amide bonds. The highest BCUT2D eigenvalue weighted by molar-refractivity contribution is 7.94. The Balaban J connectivity index is 2.33. The molecule has 0 aliphatic carbocycles. The van der Waals surface area contributed by atoms with Gasteiger partial charge in [0.15, 0.2) is 0 Å². The van der Waals surface area contributed by atoms with E-state index < -0.39 is 20.7 Å². The number of nitro benzene ring substituents is 1. The number of thiophene rings is 1. The highest BCUT2D eigenvalue weighted by Gasteiger charge is 2.20. The van der Waals surface area contributed by atoms with Gasteiger partial charge in [0.1, 0.15) is 20.9 Å². The van der Waals surface area contributed by atoms with Crippen molar-refractivity contribution in [2.45, 2.75) is 4.21 Å². The first-order valence-corrected chi connectivity index (χ1v) is 7.63. The molecule has 21 heavy (non-hydrogen) atoms. The van der Waals surface area contributed by atoms with Crippen LogP contribution in [0.15, 0.2) is 34.5 Å². The third-order valence-electron chi connectivity index (χ3n) is 2.39.